The third kappa shape index (κ3) is 48.6. The zero-order valence-electron chi connectivity index (χ0n) is 38.9. The van der Waals surface area contributed by atoms with Gasteiger partial charge in [0, 0.05) is 12.8 Å². The number of aliphatic hydroxyl groups excluding tert-OH is 1. The number of hydrogen-bond acceptors (Lipinski definition) is 5. The summed E-state index contributed by atoms with van der Waals surface area (Å²) < 4.78 is 10.6. The Balaban J connectivity index is 3.72. The molecule has 0 radical (unpaired) electrons. The third-order valence-electron chi connectivity index (χ3n) is 9.68. The second kappa shape index (κ2) is 50.4. The van der Waals surface area contributed by atoms with E-state index in [1.807, 2.05) is 0 Å². The van der Waals surface area contributed by atoms with E-state index >= 15 is 0 Å². The highest BCUT2D eigenvalue weighted by Crippen LogP contribution is 2.11. The average molecular weight is 841 g/mol. The van der Waals surface area contributed by atoms with Crippen molar-refractivity contribution in [3.05, 3.63) is 134 Å². The largest absolute Gasteiger partial charge is 0.462 e. The number of carbonyl (C=O) groups is 2. The van der Waals surface area contributed by atoms with Crippen molar-refractivity contribution in [3.8, 4) is 0 Å². The van der Waals surface area contributed by atoms with Crippen LogP contribution >= 0.6 is 0 Å². The van der Waals surface area contributed by atoms with Gasteiger partial charge in [-0.2, -0.15) is 0 Å². The maximum absolute atomic E-state index is 12.2. The highest BCUT2D eigenvalue weighted by molar-refractivity contribution is 5.70. The molecule has 0 aromatic heterocycles. The highest BCUT2D eigenvalue weighted by Gasteiger charge is 2.16. The number of hydrogen-bond donors (Lipinski definition) is 1. The lowest BCUT2D eigenvalue weighted by Gasteiger charge is -2.15. The van der Waals surface area contributed by atoms with Crippen LogP contribution in [0.1, 0.15) is 187 Å². The summed E-state index contributed by atoms with van der Waals surface area (Å²) in [5, 5.41) is 9.59. The normalized spacial score (nSPS) is 13.4. The second-order valence-electron chi connectivity index (χ2n) is 15.4. The number of allylic oxidation sites excluding steroid dienone is 22. The van der Waals surface area contributed by atoms with Gasteiger partial charge >= 0.3 is 11.9 Å². The van der Waals surface area contributed by atoms with Crippen molar-refractivity contribution in [2.45, 2.75) is 193 Å². The van der Waals surface area contributed by atoms with Gasteiger partial charge in [0.1, 0.15) is 6.61 Å². The predicted octanol–water partition coefficient (Wildman–Crippen LogP) is 16.1. The molecule has 342 valence electrons. The van der Waals surface area contributed by atoms with Crippen molar-refractivity contribution in [1.82, 2.24) is 0 Å². The van der Waals surface area contributed by atoms with Gasteiger partial charge in [-0.3, -0.25) is 9.59 Å². The van der Waals surface area contributed by atoms with E-state index in [1.54, 1.807) is 0 Å². The molecule has 0 fully saturated rings. The molecule has 0 aliphatic heterocycles. The molecular formula is C56H88O5. The number of esters is 2. The Bertz CT molecular complexity index is 1320. The second-order valence-corrected chi connectivity index (χ2v) is 15.4. The monoisotopic (exact) mass is 841 g/mol. The van der Waals surface area contributed by atoms with Crippen LogP contribution in [0.3, 0.4) is 0 Å². The lowest BCUT2D eigenvalue weighted by atomic mass is 10.1. The van der Waals surface area contributed by atoms with Gasteiger partial charge in [-0.15, -0.1) is 0 Å². The molecule has 5 nitrogen and oxygen atoms in total. The molecule has 0 rings (SSSR count). The molecule has 0 saturated heterocycles. The topological polar surface area (TPSA) is 72.8 Å². The SMILES string of the molecule is CC/C=C\C/C=C\C/C=C\C/C=C\C/C=C\C/C=C\C/C=C\C/C=C\C/C=C\C/C=C\CCCCC(=O)OC(CO)COC(=O)CCCCCCC/C=C\CCCCCCC. The maximum Gasteiger partial charge on any atom is 0.306 e. The summed E-state index contributed by atoms with van der Waals surface area (Å²) in [5.74, 6) is -0.664. The fourth-order valence-electron chi connectivity index (χ4n) is 6.05. The Morgan fingerprint density at radius 1 is 0.393 bits per heavy atom. The van der Waals surface area contributed by atoms with Gasteiger partial charge in [0.05, 0.1) is 6.61 Å². The van der Waals surface area contributed by atoms with Crippen LogP contribution in [0.4, 0.5) is 0 Å². The van der Waals surface area contributed by atoms with Crippen LogP contribution in [-0.2, 0) is 19.1 Å². The maximum atomic E-state index is 12.2. The summed E-state index contributed by atoms with van der Waals surface area (Å²) >= 11 is 0. The Hall–Kier alpha value is -3.96. The lowest BCUT2D eigenvalue weighted by Crippen LogP contribution is -2.28. The van der Waals surface area contributed by atoms with E-state index in [-0.39, 0.29) is 31.6 Å². The molecule has 0 aromatic carbocycles. The van der Waals surface area contributed by atoms with Crippen LogP contribution < -0.4 is 0 Å². The van der Waals surface area contributed by atoms with E-state index < -0.39 is 6.10 Å². The molecule has 61 heavy (non-hydrogen) atoms. The third-order valence-corrected chi connectivity index (χ3v) is 9.68. The van der Waals surface area contributed by atoms with Crippen molar-refractivity contribution in [3.63, 3.8) is 0 Å². The van der Waals surface area contributed by atoms with Crippen molar-refractivity contribution >= 4 is 11.9 Å². The first-order chi connectivity index (χ1) is 30.1. The van der Waals surface area contributed by atoms with Gasteiger partial charge < -0.3 is 14.6 Å². The van der Waals surface area contributed by atoms with Crippen LogP contribution in [0.25, 0.3) is 0 Å². The summed E-state index contributed by atoms with van der Waals surface area (Å²) in [4.78, 5) is 24.3. The van der Waals surface area contributed by atoms with Crippen molar-refractivity contribution in [2.75, 3.05) is 13.2 Å². The summed E-state index contributed by atoms with van der Waals surface area (Å²) in [6.45, 7) is 3.95. The van der Waals surface area contributed by atoms with Gasteiger partial charge in [-0.1, -0.05) is 192 Å². The highest BCUT2D eigenvalue weighted by atomic mass is 16.6. The smallest absolute Gasteiger partial charge is 0.306 e. The Kier molecular flexibility index (Phi) is 47.1. The summed E-state index contributed by atoms with van der Waals surface area (Å²) in [5.41, 5.74) is 0. The van der Waals surface area contributed by atoms with Crippen molar-refractivity contribution in [2.24, 2.45) is 0 Å². The Morgan fingerprint density at radius 3 is 1.11 bits per heavy atom. The number of aliphatic hydroxyl groups is 1. The van der Waals surface area contributed by atoms with Gasteiger partial charge in [0.15, 0.2) is 6.10 Å². The minimum atomic E-state index is -0.808. The van der Waals surface area contributed by atoms with Crippen LogP contribution in [0.2, 0.25) is 0 Å². The van der Waals surface area contributed by atoms with E-state index in [4.69, 9.17) is 9.47 Å². The van der Waals surface area contributed by atoms with Gasteiger partial charge in [0.2, 0.25) is 0 Å². The van der Waals surface area contributed by atoms with E-state index in [1.165, 1.54) is 51.4 Å². The molecule has 0 saturated carbocycles. The quantitative estimate of drug-likeness (QED) is 0.0376. The number of rotatable bonds is 42. The standard InChI is InChI=1S/C56H88O5/c1-3-5-7-9-11-13-15-17-19-20-21-22-23-24-25-26-27-28-29-30-31-32-33-34-35-36-37-39-41-43-45-47-49-51-56(59)61-54(52-57)53-60-55(58)50-48-46-44-42-40-38-18-16-14-12-10-8-6-4-2/h5,7,11,13,16-19,21-22,24-25,27-28,30-31,33-34,36-37,41,43,54,57H,3-4,6,8-10,12,14-15,20,23,26,29,32,35,38-40,42,44-53H2,1-2H3/b7-5-,13-11-,18-16-,19-17-,22-21-,25-24-,28-27-,31-30-,34-33-,37-36-,43-41-. The van der Waals surface area contributed by atoms with Crippen LogP contribution in [0.15, 0.2) is 134 Å². The van der Waals surface area contributed by atoms with Crippen LogP contribution in [-0.4, -0.2) is 36.4 Å². The molecule has 0 amide bonds. The lowest BCUT2D eigenvalue weighted by molar-refractivity contribution is -0.161. The molecule has 0 spiro atoms. The van der Waals surface area contributed by atoms with Gasteiger partial charge in [-0.05, 0) is 116 Å². The van der Waals surface area contributed by atoms with E-state index in [9.17, 15) is 14.7 Å². The fourth-order valence-corrected chi connectivity index (χ4v) is 6.05. The fraction of sp³-hybridized carbons (Fsp3) is 0.571. The minimum Gasteiger partial charge on any atom is -0.462 e. The molecule has 0 aliphatic rings. The summed E-state index contributed by atoms with van der Waals surface area (Å²) in [7, 11) is 0. The molecule has 1 atom stereocenters. The Morgan fingerprint density at radius 2 is 0.705 bits per heavy atom. The molecule has 0 aromatic rings. The Labute approximate surface area is 375 Å². The molecule has 5 heteroatoms. The molecule has 0 aliphatic carbocycles. The zero-order valence-corrected chi connectivity index (χ0v) is 38.9. The number of ether oxygens (including phenoxy) is 2. The van der Waals surface area contributed by atoms with Gasteiger partial charge in [-0.25, -0.2) is 0 Å². The predicted molar refractivity (Wildman–Crippen MR) is 264 cm³/mol. The summed E-state index contributed by atoms with van der Waals surface area (Å²) in [6.07, 6.45) is 75.4. The van der Waals surface area contributed by atoms with Crippen LogP contribution in [0, 0.1) is 0 Å². The van der Waals surface area contributed by atoms with E-state index in [2.05, 4.69) is 148 Å². The first-order valence-corrected chi connectivity index (χ1v) is 24.2. The van der Waals surface area contributed by atoms with Gasteiger partial charge in [0.25, 0.3) is 0 Å². The molecule has 1 unspecified atom stereocenters. The van der Waals surface area contributed by atoms with Crippen LogP contribution in [0.5, 0.6) is 0 Å². The van der Waals surface area contributed by atoms with Crippen molar-refractivity contribution in [1.29, 1.82) is 0 Å². The first kappa shape index (κ1) is 57.0. The van der Waals surface area contributed by atoms with E-state index in [0.717, 1.165) is 103 Å². The molecule has 1 N–H and O–H groups in total. The first-order valence-electron chi connectivity index (χ1n) is 24.2. The average Bonchev–Trinajstić information content (AvgIpc) is 3.26. The summed E-state index contributed by atoms with van der Waals surface area (Å²) in [6, 6.07) is 0. The number of carbonyl (C=O) groups excluding carboxylic acids is 2. The van der Waals surface area contributed by atoms with Crippen molar-refractivity contribution < 1.29 is 24.2 Å². The molecule has 0 bridgehead atoms. The molecular weight excluding hydrogens is 753 g/mol. The minimum absolute atomic E-state index is 0.0964. The zero-order chi connectivity index (χ0) is 44.2. The van der Waals surface area contributed by atoms with E-state index in [0.29, 0.717) is 12.8 Å². The number of unbranched alkanes of at least 4 members (excludes halogenated alkanes) is 12. The molecule has 0 heterocycles.